The number of amides is 1. The summed E-state index contributed by atoms with van der Waals surface area (Å²) < 4.78 is 42.0. The Morgan fingerprint density at radius 2 is 1.88 bits per heavy atom. The number of halogens is 3. The van der Waals surface area contributed by atoms with Crippen LogP contribution < -0.4 is 5.32 Å². The number of aromatic nitrogens is 6. The Labute approximate surface area is 192 Å². The summed E-state index contributed by atoms with van der Waals surface area (Å²) in [6.45, 7) is 5.32. The van der Waals surface area contributed by atoms with Crippen LogP contribution in [0.15, 0.2) is 42.6 Å². The third-order valence-electron chi connectivity index (χ3n) is 5.09. The first-order valence-electron chi connectivity index (χ1n) is 10.4. The van der Waals surface area contributed by atoms with E-state index in [9.17, 15) is 18.0 Å². The van der Waals surface area contributed by atoms with Gasteiger partial charge in [0, 0.05) is 29.8 Å². The molecule has 0 aliphatic carbocycles. The van der Waals surface area contributed by atoms with E-state index in [1.807, 2.05) is 32.9 Å². The fraction of sp³-hybridized carbons (Fsp3) is 0.217. The second kappa shape index (κ2) is 9.38. The van der Waals surface area contributed by atoms with Crippen LogP contribution in [0.1, 0.15) is 47.1 Å². The number of nitrogens with one attached hydrogen (secondary N) is 1. The van der Waals surface area contributed by atoms with Crippen LogP contribution in [0.3, 0.4) is 0 Å². The van der Waals surface area contributed by atoms with E-state index in [2.05, 4.69) is 30.8 Å². The zero-order valence-corrected chi connectivity index (χ0v) is 18.6. The van der Waals surface area contributed by atoms with Crippen molar-refractivity contribution in [1.82, 2.24) is 35.5 Å². The monoisotopic (exact) mass is 467 g/mol. The van der Waals surface area contributed by atoms with Gasteiger partial charge in [0.2, 0.25) is 5.95 Å². The Kier molecular flexibility index (Phi) is 6.35. The van der Waals surface area contributed by atoms with Crippen LogP contribution in [0, 0.1) is 24.6 Å². The van der Waals surface area contributed by atoms with Gasteiger partial charge in [-0.1, -0.05) is 26.0 Å². The van der Waals surface area contributed by atoms with Crippen molar-refractivity contribution in [2.24, 2.45) is 0 Å². The Balaban J connectivity index is 1.73. The summed E-state index contributed by atoms with van der Waals surface area (Å²) in [5, 5.41) is 14.3. The van der Waals surface area contributed by atoms with Crippen LogP contribution in [-0.2, 0) is 6.54 Å². The predicted octanol–water partition coefficient (Wildman–Crippen LogP) is 3.90. The summed E-state index contributed by atoms with van der Waals surface area (Å²) >= 11 is 0. The minimum absolute atomic E-state index is 0.0355. The molecule has 4 aromatic rings. The van der Waals surface area contributed by atoms with Gasteiger partial charge in [-0.25, -0.2) is 4.39 Å². The maximum absolute atomic E-state index is 13.9. The van der Waals surface area contributed by atoms with Crippen molar-refractivity contribution in [1.29, 1.82) is 0 Å². The number of benzene rings is 1. The SMILES string of the molecule is Cc1ccc(-c2ccc(-n3nnnc3C(C)C)c(C(=O)NCc3cc(F)c(F)nc3F)c2)nc1. The molecule has 0 aliphatic heterocycles. The second-order valence-corrected chi connectivity index (χ2v) is 7.95. The molecule has 11 heteroatoms. The highest BCUT2D eigenvalue weighted by Gasteiger charge is 2.21. The zero-order chi connectivity index (χ0) is 24.4. The van der Waals surface area contributed by atoms with Gasteiger partial charge < -0.3 is 5.32 Å². The molecule has 174 valence electrons. The molecule has 0 bridgehead atoms. The topological polar surface area (TPSA) is 98.5 Å². The van der Waals surface area contributed by atoms with Crippen molar-refractivity contribution >= 4 is 5.91 Å². The van der Waals surface area contributed by atoms with E-state index in [1.54, 1.807) is 24.4 Å². The molecule has 1 amide bonds. The van der Waals surface area contributed by atoms with E-state index < -0.39 is 30.2 Å². The first kappa shape index (κ1) is 23.0. The molecule has 0 atom stereocenters. The van der Waals surface area contributed by atoms with Crippen molar-refractivity contribution in [3.63, 3.8) is 0 Å². The molecule has 0 saturated carbocycles. The number of aryl methyl sites for hydroxylation is 1. The van der Waals surface area contributed by atoms with Crippen LogP contribution in [0.4, 0.5) is 13.2 Å². The van der Waals surface area contributed by atoms with Gasteiger partial charge in [0.25, 0.3) is 11.9 Å². The summed E-state index contributed by atoms with van der Waals surface area (Å²) in [5.74, 6) is -4.17. The van der Waals surface area contributed by atoms with Crippen molar-refractivity contribution in [2.45, 2.75) is 33.2 Å². The number of nitrogens with zero attached hydrogens (tertiary/aromatic N) is 6. The highest BCUT2D eigenvalue weighted by Crippen LogP contribution is 2.25. The van der Waals surface area contributed by atoms with Gasteiger partial charge in [-0.05, 0) is 47.2 Å². The smallest absolute Gasteiger partial charge is 0.253 e. The standard InChI is InChI=1S/C23H20F3N7O/c1-12(2)22-30-31-32-33(22)19-7-5-14(18-6-4-13(3)10-27-18)8-16(19)23(34)28-11-15-9-17(24)21(26)29-20(15)25/h4-10,12H,11H2,1-3H3,(H,28,34). The van der Waals surface area contributed by atoms with Gasteiger partial charge in [-0.15, -0.1) is 5.10 Å². The largest absolute Gasteiger partial charge is 0.348 e. The van der Waals surface area contributed by atoms with Crippen LogP contribution in [0.5, 0.6) is 0 Å². The molecule has 0 fully saturated rings. The molecule has 0 spiro atoms. The number of pyridine rings is 2. The molecule has 3 heterocycles. The molecular formula is C23H20F3N7O. The lowest BCUT2D eigenvalue weighted by atomic mass is 10.0. The van der Waals surface area contributed by atoms with E-state index in [4.69, 9.17) is 0 Å². The molecule has 0 saturated heterocycles. The first-order chi connectivity index (χ1) is 16.2. The van der Waals surface area contributed by atoms with Crippen molar-refractivity contribution in [3.05, 3.63) is 82.8 Å². The van der Waals surface area contributed by atoms with Crippen LogP contribution in [0.2, 0.25) is 0 Å². The minimum Gasteiger partial charge on any atom is -0.348 e. The molecule has 1 N–H and O–H groups in total. The minimum atomic E-state index is -1.55. The first-order valence-corrected chi connectivity index (χ1v) is 10.4. The number of hydrogen-bond acceptors (Lipinski definition) is 6. The maximum Gasteiger partial charge on any atom is 0.253 e. The molecule has 0 unspecified atom stereocenters. The molecular weight excluding hydrogens is 447 g/mol. The van der Waals surface area contributed by atoms with Crippen LogP contribution in [0.25, 0.3) is 16.9 Å². The van der Waals surface area contributed by atoms with Gasteiger partial charge in [0.05, 0.1) is 16.9 Å². The summed E-state index contributed by atoms with van der Waals surface area (Å²) in [5.41, 5.74) is 2.57. The lowest BCUT2D eigenvalue weighted by molar-refractivity contribution is 0.0950. The summed E-state index contributed by atoms with van der Waals surface area (Å²) in [6.07, 6.45) is 1.71. The van der Waals surface area contributed by atoms with Gasteiger partial charge in [0.1, 0.15) is 0 Å². The fourth-order valence-electron chi connectivity index (χ4n) is 3.30. The molecule has 34 heavy (non-hydrogen) atoms. The summed E-state index contributed by atoms with van der Waals surface area (Å²) in [7, 11) is 0. The Hall–Kier alpha value is -4.15. The van der Waals surface area contributed by atoms with Crippen LogP contribution >= 0.6 is 0 Å². The molecule has 4 rings (SSSR count). The average Bonchev–Trinajstić information content (AvgIpc) is 3.31. The number of tetrazole rings is 1. The maximum atomic E-state index is 13.9. The van der Waals surface area contributed by atoms with Crippen molar-refractivity contribution in [3.8, 4) is 16.9 Å². The number of hydrogen-bond donors (Lipinski definition) is 1. The molecule has 0 aliphatic rings. The Bertz CT molecular complexity index is 1350. The van der Waals surface area contributed by atoms with E-state index in [-0.39, 0.29) is 17.0 Å². The Morgan fingerprint density at radius 1 is 1.09 bits per heavy atom. The van der Waals surface area contributed by atoms with Gasteiger partial charge in [-0.2, -0.15) is 18.4 Å². The van der Waals surface area contributed by atoms with E-state index in [0.717, 1.165) is 5.56 Å². The van der Waals surface area contributed by atoms with Crippen molar-refractivity contribution < 1.29 is 18.0 Å². The van der Waals surface area contributed by atoms with E-state index >= 15 is 0 Å². The highest BCUT2D eigenvalue weighted by molar-refractivity contribution is 5.99. The normalized spacial score (nSPS) is 11.1. The van der Waals surface area contributed by atoms with E-state index in [0.29, 0.717) is 28.8 Å². The summed E-state index contributed by atoms with van der Waals surface area (Å²) in [4.78, 5) is 20.5. The van der Waals surface area contributed by atoms with Crippen molar-refractivity contribution in [2.75, 3.05) is 0 Å². The van der Waals surface area contributed by atoms with Gasteiger partial charge >= 0.3 is 0 Å². The average molecular weight is 467 g/mol. The molecule has 0 radical (unpaired) electrons. The number of rotatable bonds is 6. The summed E-state index contributed by atoms with van der Waals surface area (Å²) in [6, 6.07) is 9.47. The lowest BCUT2D eigenvalue weighted by Crippen LogP contribution is -2.25. The van der Waals surface area contributed by atoms with E-state index in [1.165, 1.54) is 4.68 Å². The molecule has 1 aromatic carbocycles. The number of carbonyl (C=O) groups is 1. The second-order valence-electron chi connectivity index (χ2n) is 7.95. The quantitative estimate of drug-likeness (QED) is 0.432. The van der Waals surface area contributed by atoms with Crippen LogP contribution in [-0.4, -0.2) is 36.1 Å². The number of carbonyl (C=O) groups excluding carboxylic acids is 1. The molecule has 8 nitrogen and oxygen atoms in total. The highest BCUT2D eigenvalue weighted by atomic mass is 19.2. The van der Waals surface area contributed by atoms with Gasteiger partial charge in [0.15, 0.2) is 11.6 Å². The third-order valence-corrected chi connectivity index (χ3v) is 5.09. The molecule has 3 aromatic heterocycles. The predicted molar refractivity (Wildman–Crippen MR) is 116 cm³/mol. The Morgan fingerprint density at radius 3 is 2.59 bits per heavy atom. The zero-order valence-electron chi connectivity index (χ0n) is 18.6. The third kappa shape index (κ3) is 4.63. The lowest BCUT2D eigenvalue weighted by Gasteiger charge is -2.14. The fourth-order valence-corrected chi connectivity index (χ4v) is 3.30. The van der Waals surface area contributed by atoms with Gasteiger partial charge in [-0.3, -0.25) is 9.78 Å².